The molecule has 0 bridgehead atoms. The zero-order chi connectivity index (χ0) is 13.0. The number of nitrogens with one attached hydrogen (secondary N) is 2. The van der Waals surface area contributed by atoms with Crippen LogP contribution in [0.4, 0.5) is 0 Å². The van der Waals surface area contributed by atoms with Gasteiger partial charge in [0.05, 0.1) is 0 Å². The molecule has 0 spiro atoms. The zero-order valence-electron chi connectivity index (χ0n) is 9.85. The molecule has 1 saturated heterocycles. The predicted molar refractivity (Wildman–Crippen MR) is 64.0 cm³/mol. The lowest BCUT2D eigenvalue weighted by atomic mass is 9.99. The van der Waals surface area contributed by atoms with E-state index in [4.69, 9.17) is 5.11 Å². The summed E-state index contributed by atoms with van der Waals surface area (Å²) in [7, 11) is 0. The largest absolute Gasteiger partial charge is 0.477 e. The highest BCUT2D eigenvalue weighted by atomic mass is 16.4. The maximum absolute atomic E-state index is 11.5. The molecule has 3 N–H and O–H groups in total. The highest BCUT2D eigenvalue weighted by Crippen LogP contribution is 2.08. The number of hydrogen-bond acceptors (Lipinski definition) is 4. The first-order valence-corrected chi connectivity index (χ1v) is 5.81. The summed E-state index contributed by atoms with van der Waals surface area (Å²) >= 11 is 0. The van der Waals surface area contributed by atoms with Crippen molar-refractivity contribution >= 4 is 11.9 Å². The van der Waals surface area contributed by atoms with Gasteiger partial charge in [-0.3, -0.25) is 4.79 Å². The summed E-state index contributed by atoms with van der Waals surface area (Å²) in [5.74, 6) is -0.593. The monoisotopic (exact) mass is 249 g/mol. The lowest BCUT2D eigenvalue weighted by molar-refractivity contribution is -0.122. The van der Waals surface area contributed by atoms with Crippen LogP contribution in [-0.2, 0) is 11.3 Å². The van der Waals surface area contributed by atoms with E-state index in [0.717, 1.165) is 18.7 Å². The average Bonchev–Trinajstić information content (AvgIpc) is 2.32. The number of pyridine rings is 1. The van der Waals surface area contributed by atoms with Crippen LogP contribution < -0.4 is 10.6 Å². The summed E-state index contributed by atoms with van der Waals surface area (Å²) in [6, 6.07) is 3.08. The van der Waals surface area contributed by atoms with Gasteiger partial charge in [0.25, 0.3) is 0 Å². The number of carbonyl (C=O) groups is 2. The summed E-state index contributed by atoms with van der Waals surface area (Å²) in [5, 5.41) is 14.6. The molecule has 0 aromatic carbocycles. The number of amides is 1. The fourth-order valence-corrected chi connectivity index (χ4v) is 1.68. The number of carboxylic acids is 1. The molecule has 0 atom stereocenters. The third kappa shape index (κ3) is 3.27. The highest BCUT2D eigenvalue weighted by Gasteiger charge is 2.19. The van der Waals surface area contributed by atoms with E-state index in [1.165, 1.54) is 12.3 Å². The number of hydrogen-bond donors (Lipinski definition) is 3. The van der Waals surface area contributed by atoms with Gasteiger partial charge >= 0.3 is 5.97 Å². The molecular formula is C12H15N3O3. The number of carbonyl (C=O) groups excluding carboxylic acids is 1. The second kappa shape index (κ2) is 5.59. The Kier molecular flexibility index (Phi) is 3.88. The van der Waals surface area contributed by atoms with Crippen LogP contribution in [0.5, 0.6) is 0 Å². The number of aromatic nitrogens is 1. The fraction of sp³-hybridized carbons (Fsp3) is 0.417. The van der Waals surface area contributed by atoms with Crippen LogP contribution in [0.25, 0.3) is 0 Å². The Bertz CT molecular complexity index is 440. The van der Waals surface area contributed by atoms with Gasteiger partial charge in [0.15, 0.2) is 0 Å². The molecule has 1 fully saturated rings. The molecule has 0 unspecified atom stereocenters. The Hall–Kier alpha value is -1.95. The normalized spacial score (nSPS) is 14.9. The van der Waals surface area contributed by atoms with Crippen molar-refractivity contribution in [1.82, 2.24) is 15.6 Å². The maximum Gasteiger partial charge on any atom is 0.354 e. The SMILES string of the molecule is O=C(CC1CNC1)NCc1ccc(C(=O)O)nc1. The molecule has 0 aliphatic carbocycles. The van der Waals surface area contributed by atoms with Gasteiger partial charge in [0.1, 0.15) is 5.69 Å². The van der Waals surface area contributed by atoms with Crippen molar-refractivity contribution in [3.8, 4) is 0 Å². The van der Waals surface area contributed by atoms with E-state index in [1.54, 1.807) is 6.07 Å². The summed E-state index contributed by atoms with van der Waals surface area (Å²) in [4.78, 5) is 25.9. The first kappa shape index (κ1) is 12.5. The third-order valence-corrected chi connectivity index (χ3v) is 2.87. The Labute approximate surface area is 104 Å². The summed E-state index contributed by atoms with van der Waals surface area (Å²) in [6.07, 6.45) is 2.00. The van der Waals surface area contributed by atoms with Gasteiger partial charge in [0, 0.05) is 19.2 Å². The van der Waals surface area contributed by atoms with Crippen molar-refractivity contribution in [3.05, 3.63) is 29.6 Å². The van der Waals surface area contributed by atoms with E-state index in [-0.39, 0.29) is 11.6 Å². The lowest BCUT2D eigenvalue weighted by Crippen LogP contribution is -2.44. The van der Waals surface area contributed by atoms with Gasteiger partial charge < -0.3 is 15.7 Å². The van der Waals surface area contributed by atoms with Gasteiger partial charge in [-0.2, -0.15) is 0 Å². The predicted octanol–water partition coefficient (Wildman–Crippen LogP) is 0.00550. The molecular weight excluding hydrogens is 234 g/mol. The summed E-state index contributed by atoms with van der Waals surface area (Å²) in [6.45, 7) is 2.19. The van der Waals surface area contributed by atoms with E-state index in [0.29, 0.717) is 18.9 Å². The molecule has 1 aromatic heterocycles. The van der Waals surface area contributed by atoms with E-state index in [1.807, 2.05) is 0 Å². The van der Waals surface area contributed by atoms with Crippen LogP contribution in [0.2, 0.25) is 0 Å². The Morgan fingerprint density at radius 2 is 2.22 bits per heavy atom. The summed E-state index contributed by atoms with van der Waals surface area (Å²) in [5.41, 5.74) is 0.797. The minimum atomic E-state index is -1.05. The van der Waals surface area contributed by atoms with Crippen LogP contribution in [-0.4, -0.2) is 35.1 Å². The number of carboxylic acid groups (broad SMARTS) is 1. The number of nitrogens with zero attached hydrogens (tertiary/aromatic N) is 1. The lowest BCUT2D eigenvalue weighted by Gasteiger charge is -2.26. The molecule has 1 aromatic rings. The van der Waals surface area contributed by atoms with Gasteiger partial charge in [-0.05, 0) is 30.6 Å². The Morgan fingerprint density at radius 3 is 2.72 bits per heavy atom. The van der Waals surface area contributed by atoms with E-state index in [2.05, 4.69) is 15.6 Å². The van der Waals surface area contributed by atoms with Gasteiger partial charge in [0.2, 0.25) is 5.91 Å². The molecule has 1 amide bonds. The minimum Gasteiger partial charge on any atom is -0.477 e. The molecule has 18 heavy (non-hydrogen) atoms. The highest BCUT2D eigenvalue weighted by molar-refractivity contribution is 5.85. The summed E-state index contributed by atoms with van der Waals surface area (Å²) < 4.78 is 0. The van der Waals surface area contributed by atoms with Gasteiger partial charge in [-0.25, -0.2) is 9.78 Å². The van der Waals surface area contributed by atoms with Gasteiger partial charge in [-0.15, -0.1) is 0 Å². The average molecular weight is 249 g/mol. The van der Waals surface area contributed by atoms with Crippen molar-refractivity contribution in [2.75, 3.05) is 13.1 Å². The first-order valence-electron chi connectivity index (χ1n) is 5.81. The topological polar surface area (TPSA) is 91.3 Å². The molecule has 2 rings (SSSR count). The molecule has 96 valence electrons. The molecule has 1 aliphatic rings. The van der Waals surface area contributed by atoms with Crippen molar-refractivity contribution in [1.29, 1.82) is 0 Å². The van der Waals surface area contributed by atoms with Crippen LogP contribution in [0.3, 0.4) is 0 Å². The van der Waals surface area contributed by atoms with Crippen LogP contribution in [0.1, 0.15) is 22.5 Å². The van der Waals surface area contributed by atoms with E-state index in [9.17, 15) is 9.59 Å². The molecule has 6 heteroatoms. The van der Waals surface area contributed by atoms with E-state index >= 15 is 0 Å². The molecule has 6 nitrogen and oxygen atoms in total. The van der Waals surface area contributed by atoms with Crippen molar-refractivity contribution < 1.29 is 14.7 Å². The van der Waals surface area contributed by atoms with Crippen LogP contribution in [0.15, 0.2) is 18.3 Å². The van der Waals surface area contributed by atoms with Crippen molar-refractivity contribution in [2.45, 2.75) is 13.0 Å². The second-order valence-electron chi connectivity index (χ2n) is 4.36. The molecule has 0 radical (unpaired) electrons. The van der Waals surface area contributed by atoms with Crippen molar-refractivity contribution in [2.24, 2.45) is 5.92 Å². The quantitative estimate of drug-likeness (QED) is 0.683. The van der Waals surface area contributed by atoms with Crippen molar-refractivity contribution in [3.63, 3.8) is 0 Å². The first-order chi connectivity index (χ1) is 8.65. The Balaban J connectivity index is 1.78. The number of aromatic carboxylic acids is 1. The van der Waals surface area contributed by atoms with Crippen LogP contribution >= 0.6 is 0 Å². The standard InChI is InChI=1S/C12H15N3O3/c16-11(3-9-4-13-5-9)15-7-8-1-2-10(12(17)18)14-6-8/h1-2,6,9,13H,3-5,7H2,(H,15,16)(H,17,18). The van der Waals surface area contributed by atoms with E-state index < -0.39 is 5.97 Å². The molecule has 1 aliphatic heterocycles. The maximum atomic E-state index is 11.5. The fourth-order valence-electron chi connectivity index (χ4n) is 1.68. The second-order valence-corrected chi connectivity index (χ2v) is 4.36. The third-order valence-electron chi connectivity index (χ3n) is 2.87. The molecule has 2 heterocycles. The molecule has 0 saturated carbocycles. The van der Waals surface area contributed by atoms with Gasteiger partial charge in [-0.1, -0.05) is 6.07 Å². The smallest absolute Gasteiger partial charge is 0.354 e. The minimum absolute atomic E-state index is 0.00520. The zero-order valence-corrected chi connectivity index (χ0v) is 9.85. The van der Waals surface area contributed by atoms with Crippen LogP contribution in [0, 0.1) is 5.92 Å². The number of rotatable bonds is 5. The Morgan fingerprint density at radius 1 is 1.44 bits per heavy atom.